The summed E-state index contributed by atoms with van der Waals surface area (Å²) in [4.78, 5) is 8.39. The highest BCUT2D eigenvalue weighted by Crippen LogP contribution is 2.38. The summed E-state index contributed by atoms with van der Waals surface area (Å²) in [5, 5.41) is 3.72. The van der Waals surface area contributed by atoms with E-state index >= 15 is 0 Å². The van der Waals surface area contributed by atoms with Crippen LogP contribution in [0.25, 0.3) is 0 Å². The lowest BCUT2D eigenvalue weighted by molar-refractivity contribution is 0.209. The van der Waals surface area contributed by atoms with Crippen LogP contribution in [0.5, 0.6) is 0 Å². The topological polar surface area (TPSA) is 37.8 Å². The van der Waals surface area contributed by atoms with Crippen LogP contribution < -0.4 is 5.32 Å². The molecule has 0 aliphatic heterocycles. The molecule has 0 spiro atoms. The normalized spacial score (nSPS) is 25.2. The van der Waals surface area contributed by atoms with E-state index in [1.165, 1.54) is 44.1 Å². The minimum atomic E-state index is 0.440. The first-order valence-corrected chi connectivity index (χ1v) is 7.83. The summed E-state index contributed by atoms with van der Waals surface area (Å²) in [7, 11) is 0. The van der Waals surface area contributed by atoms with E-state index in [-0.39, 0.29) is 0 Å². The lowest BCUT2D eigenvalue weighted by atomic mass is 9.75. The van der Waals surface area contributed by atoms with E-state index in [0.29, 0.717) is 6.04 Å². The lowest BCUT2D eigenvalue weighted by Crippen LogP contribution is -2.32. The second-order valence-corrected chi connectivity index (χ2v) is 5.80. The number of rotatable bonds is 6. The second kappa shape index (κ2) is 7.59. The first kappa shape index (κ1) is 14.4. The average Bonchev–Trinajstić information content (AvgIpc) is 2.49. The molecule has 0 bridgehead atoms. The molecule has 3 nitrogen and oxygen atoms in total. The second-order valence-electron chi connectivity index (χ2n) is 5.80. The van der Waals surface area contributed by atoms with E-state index in [4.69, 9.17) is 0 Å². The van der Waals surface area contributed by atoms with Gasteiger partial charge < -0.3 is 5.32 Å². The van der Waals surface area contributed by atoms with Crippen LogP contribution in [0.2, 0.25) is 0 Å². The van der Waals surface area contributed by atoms with E-state index in [0.717, 1.165) is 18.4 Å². The van der Waals surface area contributed by atoms with Crippen LogP contribution >= 0.6 is 0 Å². The van der Waals surface area contributed by atoms with Crippen LogP contribution in [-0.4, -0.2) is 16.5 Å². The van der Waals surface area contributed by atoms with Crippen molar-refractivity contribution < 1.29 is 0 Å². The van der Waals surface area contributed by atoms with Gasteiger partial charge in [-0.3, -0.25) is 0 Å². The third-order valence-electron chi connectivity index (χ3n) is 4.43. The molecule has 3 heteroatoms. The van der Waals surface area contributed by atoms with Crippen molar-refractivity contribution in [2.24, 2.45) is 11.8 Å². The van der Waals surface area contributed by atoms with Crippen LogP contribution in [0.4, 0.5) is 0 Å². The Kier molecular flexibility index (Phi) is 5.77. The first-order valence-electron chi connectivity index (χ1n) is 7.83. The van der Waals surface area contributed by atoms with Gasteiger partial charge in [0.2, 0.25) is 0 Å². The summed E-state index contributed by atoms with van der Waals surface area (Å²) in [5.41, 5.74) is 1.26. The predicted molar refractivity (Wildman–Crippen MR) is 78.8 cm³/mol. The Morgan fingerprint density at radius 1 is 1.26 bits per heavy atom. The van der Waals surface area contributed by atoms with Gasteiger partial charge in [0.05, 0.1) is 0 Å². The zero-order valence-corrected chi connectivity index (χ0v) is 12.3. The molecule has 3 unspecified atom stereocenters. The van der Waals surface area contributed by atoms with Gasteiger partial charge in [-0.2, -0.15) is 0 Å². The van der Waals surface area contributed by atoms with Gasteiger partial charge >= 0.3 is 0 Å². The first-order chi connectivity index (χ1) is 9.35. The van der Waals surface area contributed by atoms with Crippen molar-refractivity contribution in [3.05, 3.63) is 24.3 Å². The molecule has 1 aliphatic carbocycles. The van der Waals surface area contributed by atoms with Crippen molar-refractivity contribution in [3.63, 3.8) is 0 Å². The smallest absolute Gasteiger partial charge is 0.115 e. The molecular weight excluding hydrogens is 234 g/mol. The number of hydrogen-bond donors (Lipinski definition) is 1. The summed E-state index contributed by atoms with van der Waals surface area (Å²) in [5.74, 6) is 1.66. The summed E-state index contributed by atoms with van der Waals surface area (Å²) in [6, 6.07) is 0.440. The number of nitrogens with zero attached hydrogens (tertiary/aromatic N) is 2. The Labute approximate surface area is 117 Å². The molecule has 1 aromatic rings. The Morgan fingerprint density at radius 2 is 2.05 bits per heavy atom. The molecule has 0 saturated heterocycles. The highest BCUT2D eigenvalue weighted by Gasteiger charge is 2.28. The van der Waals surface area contributed by atoms with E-state index in [2.05, 4.69) is 29.1 Å². The maximum atomic E-state index is 4.20. The van der Waals surface area contributed by atoms with Crippen LogP contribution in [0.1, 0.15) is 64.0 Å². The van der Waals surface area contributed by atoms with Gasteiger partial charge in [0.1, 0.15) is 6.33 Å². The molecule has 0 aromatic carbocycles. The Balaban J connectivity index is 2.08. The van der Waals surface area contributed by atoms with Gasteiger partial charge in [-0.25, -0.2) is 9.97 Å². The molecule has 0 radical (unpaired) electrons. The number of nitrogens with one attached hydrogen (secondary N) is 1. The number of hydrogen-bond acceptors (Lipinski definition) is 3. The van der Waals surface area contributed by atoms with Crippen LogP contribution in [-0.2, 0) is 0 Å². The minimum absolute atomic E-state index is 0.440. The van der Waals surface area contributed by atoms with Gasteiger partial charge in [-0.15, -0.1) is 0 Å². The van der Waals surface area contributed by atoms with Gasteiger partial charge in [0.15, 0.2) is 0 Å². The van der Waals surface area contributed by atoms with Gasteiger partial charge in [0.25, 0.3) is 0 Å². The lowest BCUT2D eigenvalue weighted by Gasteiger charge is -2.35. The molecule has 1 aliphatic rings. The minimum Gasteiger partial charge on any atom is -0.310 e. The molecule has 19 heavy (non-hydrogen) atoms. The third-order valence-corrected chi connectivity index (χ3v) is 4.43. The van der Waals surface area contributed by atoms with E-state index < -0.39 is 0 Å². The highest BCUT2D eigenvalue weighted by atomic mass is 14.9. The Hall–Kier alpha value is -0.960. The average molecular weight is 261 g/mol. The quantitative estimate of drug-likeness (QED) is 0.848. The fourth-order valence-electron chi connectivity index (χ4n) is 3.33. The Morgan fingerprint density at radius 3 is 2.74 bits per heavy atom. The predicted octanol–water partition coefficient (Wildman–Crippen LogP) is 3.73. The summed E-state index contributed by atoms with van der Waals surface area (Å²) in [6.45, 7) is 5.63. The van der Waals surface area contributed by atoms with E-state index in [1.807, 2.05) is 12.4 Å². The zero-order valence-electron chi connectivity index (χ0n) is 12.3. The van der Waals surface area contributed by atoms with Crippen LogP contribution in [0, 0.1) is 11.8 Å². The molecule has 1 aromatic heterocycles. The summed E-state index contributed by atoms with van der Waals surface area (Å²) in [6.07, 6.45) is 13.6. The summed E-state index contributed by atoms with van der Waals surface area (Å²) < 4.78 is 0. The SMILES string of the molecule is CCCNC(c1cncnc1)C1CCCC(CC)C1. The van der Waals surface area contributed by atoms with Crippen molar-refractivity contribution in [1.29, 1.82) is 0 Å². The van der Waals surface area contributed by atoms with Gasteiger partial charge in [0, 0.05) is 24.0 Å². The largest absolute Gasteiger partial charge is 0.310 e. The molecule has 0 amide bonds. The maximum absolute atomic E-state index is 4.20. The number of aromatic nitrogens is 2. The standard InChI is InChI=1S/C16H27N3/c1-3-8-19-16(15-10-17-12-18-11-15)14-7-5-6-13(4-2)9-14/h10-14,16,19H,3-9H2,1-2H3. The van der Waals surface area contributed by atoms with Crippen LogP contribution in [0.15, 0.2) is 18.7 Å². The summed E-state index contributed by atoms with van der Waals surface area (Å²) >= 11 is 0. The fourth-order valence-corrected chi connectivity index (χ4v) is 3.33. The Bertz CT molecular complexity index is 352. The van der Waals surface area contributed by atoms with Crippen molar-refractivity contribution in [2.45, 2.75) is 58.4 Å². The zero-order chi connectivity index (χ0) is 13.5. The van der Waals surface area contributed by atoms with Crippen molar-refractivity contribution in [1.82, 2.24) is 15.3 Å². The molecule has 3 atom stereocenters. The fraction of sp³-hybridized carbons (Fsp3) is 0.750. The molecule has 1 saturated carbocycles. The molecular formula is C16H27N3. The molecule has 2 rings (SSSR count). The third kappa shape index (κ3) is 4.00. The van der Waals surface area contributed by atoms with E-state index in [1.54, 1.807) is 6.33 Å². The van der Waals surface area contributed by atoms with Crippen molar-refractivity contribution in [2.75, 3.05) is 6.54 Å². The monoisotopic (exact) mass is 261 g/mol. The molecule has 1 heterocycles. The van der Waals surface area contributed by atoms with Gasteiger partial charge in [-0.05, 0) is 37.6 Å². The molecule has 1 N–H and O–H groups in total. The van der Waals surface area contributed by atoms with Crippen molar-refractivity contribution in [3.8, 4) is 0 Å². The van der Waals surface area contributed by atoms with Crippen LogP contribution in [0.3, 0.4) is 0 Å². The van der Waals surface area contributed by atoms with E-state index in [9.17, 15) is 0 Å². The van der Waals surface area contributed by atoms with Crippen molar-refractivity contribution >= 4 is 0 Å². The maximum Gasteiger partial charge on any atom is 0.115 e. The van der Waals surface area contributed by atoms with Gasteiger partial charge in [-0.1, -0.05) is 33.1 Å². The molecule has 1 fully saturated rings. The highest BCUT2D eigenvalue weighted by molar-refractivity contribution is 5.11. The molecule has 106 valence electrons.